The quantitative estimate of drug-likeness (QED) is 0.342. The van der Waals surface area contributed by atoms with E-state index in [0.29, 0.717) is 0 Å². The lowest BCUT2D eigenvalue weighted by molar-refractivity contribution is -0.0129. The molecule has 0 aromatic heterocycles. The molecule has 2 unspecified atom stereocenters. The van der Waals surface area contributed by atoms with E-state index in [1.807, 2.05) is 0 Å². The summed E-state index contributed by atoms with van der Waals surface area (Å²) in [6.07, 6.45) is 0. The van der Waals surface area contributed by atoms with Crippen LogP contribution in [0.4, 0.5) is 0 Å². The lowest BCUT2D eigenvalue weighted by Crippen LogP contribution is -2.65. The van der Waals surface area contributed by atoms with Crippen LogP contribution in [-0.2, 0) is 0 Å². The minimum Gasteiger partial charge on any atom is -0.262 e. The predicted octanol–water partition coefficient (Wildman–Crippen LogP) is 9.08. The van der Waals surface area contributed by atoms with Gasteiger partial charge in [-0.05, 0) is 26.2 Å². The molecule has 0 aliphatic carbocycles. The highest BCUT2D eigenvalue weighted by atomic mass is 15.0. The molecule has 0 fully saturated rings. The van der Waals surface area contributed by atoms with Gasteiger partial charge in [0.15, 0.2) is 0 Å². The Labute approximate surface area is 210 Å². The number of hydrogen-bond donors (Lipinski definition) is 0. The summed E-state index contributed by atoms with van der Waals surface area (Å²) in [7, 11) is 0. The third-order valence-corrected chi connectivity index (χ3v) is 12.1. The van der Waals surface area contributed by atoms with Crippen molar-refractivity contribution in [3.8, 4) is 0 Å². The maximum absolute atomic E-state index is 4.83. The van der Waals surface area contributed by atoms with Gasteiger partial charge in [0.25, 0.3) is 0 Å². The van der Waals surface area contributed by atoms with E-state index in [1.54, 1.807) is 0 Å². The van der Waals surface area contributed by atoms with E-state index < -0.39 is 0 Å². The molecule has 0 bridgehead atoms. The summed E-state index contributed by atoms with van der Waals surface area (Å²) in [5, 5.41) is 0. The van der Waals surface area contributed by atoms with Gasteiger partial charge in [-0.2, -0.15) is 0 Å². The molecule has 0 aromatic carbocycles. The topological polar surface area (TPSA) is 37.1 Å². The number of aliphatic imine (C=N–C) groups is 3. The van der Waals surface area contributed by atoms with E-state index in [0.717, 1.165) is 28.5 Å². The van der Waals surface area contributed by atoms with Crippen molar-refractivity contribution in [1.29, 1.82) is 0 Å². The summed E-state index contributed by atoms with van der Waals surface area (Å²) in [5.41, 5.74) is 6.24. The Bertz CT molecular complexity index is 1040. The van der Waals surface area contributed by atoms with Crippen molar-refractivity contribution in [2.75, 3.05) is 0 Å². The number of fused-ring (bicyclic) bond motifs is 1. The second-order valence-electron chi connectivity index (χ2n) is 13.8. The minimum atomic E-state index is -0.189. The lowest BCUT2D eigenvalue weighted by atomic mass is 9.40. The van der Waals surface area contributed by atoms with Gasteiger partial charge in [-0.15, -0.1) is 0 Å². The summed E-state index contributed by atoms with van der Waals surface area (Å²) in [5.74, 6) is 0. The molecule has 3 heterocycles. The maximum Gasteiger partial charge on any atom is 0.0409 e. The SMILES string of the molecule is C=C1N=C(C)C(C)(C)C(C)(C)C1(C)C.C=C1N=C(C)C2(C)C(C)(C)C(C)=NC(=C)C2(C)C1(C)C. The predicted molar refractivity (Wildman–Crippen MR) is 152 cm³/mol. The van der Waals surface area contributed by atoms with Crippen molar-refractivity contribution in [2.45, 2.75) is 104 Å². The Hall–Kier alpha value is -1.77. The van der Waals surface area contributed by atoms with E-state index >= 15 is 0 Å². The van der Waals surface area contributed by atoms with Crippen LogP contribution in [0.3, 0.4) is 0 Å². The molecule has 3 nitrogen and oxygen atoms in total. The number of hydrogen-bond acceptors (Lipinski definition) is 3. The second-order valence-corrected chi connectivity index (χ2v) is 13.8. The lowest BCUT2D eigenvalue weighted by Gasteiger charge is -2.65. The van der Waals surface area contributed by atoms with Crippen LogP contribution in [0, 0.1) is 37.9 Å². The molecule has 2 atom stereocenters. The van der Waals surface area contributed by atoms with Crippen LogP contribution in [0.2, 0.25) is 0 Å². The van der Waals surface area contributed by atoms with Crippen molar-refractivity contribution in [1.82, 2.24) is 0 Å². The fourth-order valence-electron chi connectivity index (χ4n) is 6.35. The highest BCUT2D eigenvalue weighted by Crippen LogP contribution is 2.69. The van der Waals surface area contributed by atoms with Crippen LogP contribution >= 0.6 is 0 Å². The van der Waals surface area contributed by atoms with Gasteiger partial charge < -0.3 is 0 Å². The Morgan fingerprint density at radius 1 is 0.412 bits per heavy atom. The smallest absolute Gasteiger partial charge is 0.0409 e. The molecule has 3 heteroatoms. The van der Waals surface area contributed by atoms with Gasteiger partial charge in [-0.3, -0.25) is 15.0 Å². The number of nitrogens with zero attached hydrogens (tertiary/aromatic N) is 3. The maximum atomic E-state index is 4.83. The standard InChI is InChI=1S/C18H28N2.C13H23N/c1-11-15(5,6)17(9)14(4)20-12(2)16(7,8)18(17,10)13(3)19-11;1-9-11(3,4)13(7,8)12(5,6)10(2)14-9/h1,4H2,2-3,5-10H3;1H2,2-8H3. The van der Waals surface area contributed by atoms with E-state index in [2.05, 4.69) is 129 Å². The Kier molecular flexibility index (Phi) is 6.37. The molecule has 3 aliphatic rings. The summed E-state index contributed by atoms with van der Waals surface area (Å²) < 4.78 is 0. The van der Waals surface area contributed by atoms with Gasteiger partial charge >= 0.3 is 0 Å². The van der Waals surface area contributed by atoms with E-state index in [-0.39, 0.29) is 37.9 Å². The zero-order valence-electron chi connectivity index (χ0n) is 25.0. The van der Waals surface area contributed by atoms with Gasteiger partial charge in [0.2, 0.25) is 0 Å². The van der Waals surface area contributed by atoms with Gasteiger partial charge in [0, 0.05) is 66.7 Å². The van der Waals surface area contributed by atoms with Gasteiger partial charge in [0.1, 0.15) is 0 Å². The third-order valence-electron chi connectivity index (χ3n) is 12.1. The number of rotatable bonds is 0. The molecule has 190 valence electrons. The summed E-state index contributed by atoms with van der Waals surface area (Å²) in [6, 6.07) is 0. The largest absolute Gasteiger partial charge is 0.262 e. The Balaban J connectivity index is 0.000000257. The average Bonchev–Trinajstić information content (AvgIpc) is 2.69. The Morgan fingerprint density at radius 2 is 0.765 bits per heavy atom. The van der Waals surface area contributed by atoms with Crippen LogP contribution in [0.15, 0.2) is 51.8 Å². The normalized spacial score (nSPS) is 34.7. The third kappa shape index (κ3) is 3.10. The summed E-state index contributed by atoms with van der Waals surface area (Å²) >= 11 is 0. The minimum absolute atomic E-state index is 0.0610. The summed E-state index contributed by atoms with van der Waals surface area (Å²) in [4.78, 5) is 14.3. The average molecular weight is 466 g/mol. The van der Waals surface area contributed by atoms with E-state index in [4.69, 9.17) is 9.98 Å². The van der Waals surface area contributed by atoms with Crippen molar-refractivity contribution in [2.24, 2.45) is 52.9 Å². The van der Waals surface area contributed by atoms with Crippen LogP contribution in [-0.4, -0.2) is 17.1 Å². The monoisotopic (exact) mass is 465 g/mol. The highest BCUT2D eigenvalue weighted by Gasteiger charge is 2.67. The van der Waals surface area contributed by atoms with Crippen LogP contribution in [0.25, 0.3) is 0 Å². The zero-order chi connectivity index (χ0) is 27.1. The Morgan fingerprint density at radius 3 is 1.24 bits per heavy atom. The van der Waals surface area contributed by atoms with Gasteiger partial charge in [-0.25, -0.2) is 0 Å². The molecule has 3 aliphatic heterocycles. The molecular formula is C31H51N3. The molecule has 0 saturated carbocycles. The first-order valence-corrected chi connectivity index (χ1v) is 12.7. The molecule has 0 spiro atoms. The van der Waals surface area contributed by atoms with Gasteiger partial charge in [0.05, 0.1) is 0 Å². The first-order valence-electron chi connectivity index (χ1n) is 12.7. The molecule has 0 saturated heterocycles. The molecule has 0 radical (unpaired) electrons. The van der Waals surface area contributed by atoms with Crippen LogP contribution < -0.4 is 0 Å². The van der Waals surface area contributed by atoms with Crippen molar-refractivity contribution < 1.29 is 0 Å². The molecule has 0 N–H and O–H groups in total. The highest BCUT2D eigenvalue weighted by molar-refractivity contribution is 6.01. The van der Waals surface area contributed by atoms with Crippen LogP contribution in [0.1, 0.15) is 104 Å². The van der Waals surface area contributed by atoms with Gasteiger partial charge in [-0.1, -0.05) is 103 Å². The van der Waals surface area contributed by atoms with E-state index in [9.17, 15) is 0 Å². The van der Waals surface area contributed by atoms with Crippen molar-refractivity contribution >= 4 is 17.1 Å². The van der Waals surface area contributed by atoms with Crippen molar-refractivity contribution in [3.63, 3.8) is 0 Å². The molecule has 0 amide bonds. The zero-order valence-corrected chi connectivity index (χ0v) is 25.0. The molecule has 0 aromatic rings. The van der Waals surface area contributed by atoms with Crippen LogP contribution in [0.5, 0.6) is 0 Å². The fourth-order valence-corrected chi connectivity index (χ4v) is 6.35. The fraction of sp³-hybridized carbons (Fsp3) is 0.710. The van der Waals surface area contributed by atoms with Crippen molar-refractivity contribution in [3.05, 3.63) is 36.8 Å². The molecule has 3 rings (SSSR count). The first-order chi connectivity index (χ1) is 14.9. The first kappa shape index (κ1) is 28.5. The number of allylic oxidation sites excluding steroid dienone is 3. The molecular weight excluding hydrogens is 414 g/mol. The molecule has 34 heavy (non-hydrogen) atoms. The van der Waals surface area contributed by atoms with E-state index in [1.165, 1.54) is 5.71 Å². The second kappa shape index (κ2) is 7.61. The summed E-state index contributed by atoms with van der Waals surface area (Å²) in [6.45, 7) is 46.3.